The summed E-state index contributed by atoms with van der Waals surface area (Å²) in [5.41, 5.74) is 0.876. The molecule has 0 aliphatic heterocycles. The third-order valence-electron chi connectivity index (χ3n) is 3.71. The normalized spacial score (nSPS) is 12.0. The molecule has 0 bridgehead atoms. The van der Waals surface area contributed by atoms with Gasteiger partial charge in [-0.05, 0) is 23.0 Å². The Kier molecular flexibility index (Phi) is 5.83. The zero-order valence-electron chi connectivity index (χ0n) is 15.7. The van der Waals surface area contributed by atoms with Crippen molar-refractivity contribution in [1.82, 2.24) is 9.97 Å². The number of hydrogen-bond acceptors (Lipinski definition) is 5. The quantitative estimate of drug-likeness (QED) is 0.462. The highest BCUT2D eigenvalue weighted by atomic mass is 35.5. The molecule has 0 N–H and O–H groups in total. The average molecular weight is 397 g/mol. The van der Waals surface area contributed by atoms with E-state index in [-0.39, 0.29) is 32.6 Å². The van der Waals surface area contributed by atoms with Gasteiger partial charge in [-0.2, -0.15) is 0 Å². The van der Waals surface area contributed by atoms with Crippen LogP contribution in [0.3, 0.4) is 0 Å². The third-order valence-corrected chi connectivity index (χ3v) is 4.25. The maximum Gasteiger partial charge on any atom is 0.519 e. The minimum atomic E-state index is -0.953. The maximum atomic E-state index is 12.4. The molecule has 0 spiro atoms. The lowest BCUT2D eigenvalue weighted by atomic mass is 9.87. The monoisotopic (exact) mass is 396 g/mol. The van der Waals surface area contributed by atoms with Gasteiger partial charge in [0, 0.05) is 23.5 Å². The number of ether oxygens (including phenoxy) is 2. The lowest BCUT2D eigenvalue weighted by Crippen LogP contribution is -2.21. The summed E-state index contributed by atoms with van der Waals surface area (Å²) >= 11 is 12.3. The molecule has 7 heteroatoms. The molecule has 2 aromatic heterocycles. The van der Waals surface area contributed by atoms with E-state index in [1.54, 1.807) is 24.5 Å². The van der Waals surface area contributed by atoms with E-state index in [0.29, 0.717) is 0 Å². The van der Waals surface area contributed by atoms with Crippen LogP contribution in [0.5, 0.6) is 11.5 Å². The zero-order chi connectivity index (χ0) is 19.7. The smallest absolute Gasteiger partial charge is 0.391 e. The molecule has 0 radical (unpaired) electrons. The molecule has 0 atom stereocenters. The standard InChI is InChI=1S/C19H22Cl2N2O3/c1-18(2,3)11-7-9-22-15(20)13(11)25-17(24)26-14-12(19(4,5)6)8-10-23-16(14)21/h7-10H,1-6H3. The molecule has 140 valence electrons. The molecule has 0 saturated carbocycles. The van der Waals surface area contributed by atoms with Crippen molar-refractivity contribution < 1.29 is 14.3 Å². The highest BCUT2D eigenvalue weighted by Gasteiger charge is 2.27. The predicted octanol–water partition coefficient (Wildman–Crippen LogP) is 5.96. The number of hydrogen-bond donors (Lipinski definition) is 0. The van der Waals surface area contributed by atoms with Gasteiger partial charge in [0.2, 0.25) is 0 Å². The topological polar surface area (TPSA) is 61.3 Å². The second-order valence-corrected chi connectivity index (χ2v) is 8.63. The van der Waals surface area contributed by atoms with Crippen molar-refractivity contribution in [3.05, 3.63) is 46.0 Å². The van der Waals surface area contributed by atoms with Crippen molar-refractivity contribution in [2.24, 2.45) is 0 Å². The van der Waals surface area contributed by atoms with Gasteiger partial charge in [0.05, 0.1) is 0 Å². The van der Waals surface area contributed by atoms with Gasteiger partial charge in [0.25, 0.3) is 0 Å². The van der Waals surface area contributed by atoms with Gasteiger partial charge in [-0.25, -0.2) is 14.8 Å². The molecule has 0 aliphatic rings. The van der Waals surface area contributed by atoms with Crippen LogP contribution in [-0.4, -0.2) is 16.1 Å². The Bertz CT molecular complexity index is 757. The van der Waals surface area contributed by atoms with Crippen LogP contribution in [0.15, 0.2) is 24.5 Å². The van der Waals surface area contributed by atoms with E-state index in [9.17, 15) is 4.79 Å². The fourth-order valence-electron chi connectivity index (χ4n) is 2.41. The van der Waals surface area contributed by atoms with Crippen molar-refractivity contribution in [3.8, 4) is 11.5 Å². The van der Waals surface area contributed by atoms with E-state index < -0.39 is 6.16 Å². The van der Waals surface area contributed by atoms with Gasteiger partial charge in [-0.3, -0.25) is 0 Å². The molecular formula is C19H22Cl2N2O3. The first-order chi connectivity index (χ1) is 11.9. The summed E-state index contributed by atoms with van der Waals surface area (Å²) in [7, 11) is 0. The number of carbonyl (C=O) groups excluding carboxylic acids is 1. The molecule has 0 aliphatic carbocycles. The van der Waals surface area contributed by atoms with E-state index >= 15 is 0 Å². The van der Waals surface area contributed by atoms with Gasteiger partial charge in [-0.15, -0.1) is 0 Å². The fraction of sp³-hybridized carbons (Fsp3) is 0.421. The minimum Gasteiger partial charge on any atom is -0.391 e. The summed E-state index contributed by atoms with van der Waals surface area (Å²) in [5, 5.41) is 0.172. The van der Waals surface area contributed by atoms with Crippen LogP contribution < -0.4 is 9.47 Å². The highest BCUT2D eigenvalue weighted by Crippen LogP contribution is 2.38. The van der Waals surface area contributed by atoms with Crippen LogP contribution in [0.25, 0.3) is 0 Å². The maximum absolute atomic E-state index is 12.4. The number of nitrogens with zero attached hydrogens (tertiary/aromatic N) is 2. The van der Waals surface area contributed by atoms with Gasteiger partial charge in [-0.1, -0.05) is 64.7 Å². The van der Waals surface area contributed by atoms with E-state index in [1.807, 2.05) is 41.5 Å². The second-order valence-electron chi connectivity index (χ2n) is 7.91. The fourth-order valence-corrected chi connectivity index (χ4v) is 2.80. The van der Waals surface area contributed by atoms with E-state index in [0.717, 1.165) is 11.1 Å². The Hall–Kier alpha value is -1.85. The molecule has 0 amide bonds. The first kappa shape index (κ1) is 20.5. The van der Waals surface area contributed by atoms with Crippen molar-refractivity contribution in [2.75, 3.05) is 0 Å². The molecular weight excluding hydrogens is 375 g/mol. The summed E-state index contributed by atoms with van der Waals surface area (Å²) in [6.45, 7) is 11.9. The number of rotatable bonds is 2. The van der Waals surface area contributed by atoms with E-state index in [4.69, 9.17) is 32.7 Å². The average Bonchev–Trinajstić information content (AvgIpc) is 2.49. The Balaban J connectivity index is 2.35. The van der Waals surface area contributed by atoms with Crippen LogP contribution in [0.4, 0.5) is 4.79 Å². The Morgan fingerprint density at radius 1 is 0.808 bits per heavy atom. The van der Waals surface area contributed by atoms with Gasteiger partial charge >= 0.3 is 6.16 Å². The lowest BCUT2D eigenvalue weighted by molar-refractivity contribution is 0.150. The van der Waals surface area contributed by atoms with Gasteiger partial charge < -0.3 is 9.47 Å². The number of halogens is 2. The summed E-state index contributed by atoms with van der Waals surface area (Å²) in [6, 6.07) is 3.51. The Morgan fingerprint density at radius 3 is 1.46 bits per heavy atom. The SMILES string of the molecule is CC(C)(C)c1ccnc(Cl)c1OC(=O)Oc1c(C(C)(C)C)ccnc1Cl. The second kappa shape index (κ2) is 7.41. The zero-order valence-corrected chi connectivity index (χ0v) is 17.2. The van der Waals surface area contributed by atoms with Crippen LogP contribution in [0, 0.1) is 0 Å². The Labute approximate surface area is 163 Å². The molecule has 2 aromatic rings. The summed E-state index contributed by atoms with van der Waals surface area (Å²) in [4.78, 5) is 20.4. The van der Waals surface area contributed by atoms with Gasteiger partial charge in [0.15, 0.2) is 21.8 Å². The number of carbonyl (C=O) groups is 1. The predicted molar refractivity (Wildman–Crippen MR) is 103 cm³/mol. The molecule has 0 fully saturated rings. The third kappa shape index (κ3) is 4.65. The molecule has 2 rings (SSSR count). The largest absolute Gasteiger partial charge is 0.519 e. The minimum absolute atomic E-state index is 0.0858. The molecule has 0 aromatic carbocycles. The van der Waals surface area contributed by atoms with Crippen molar-refractivity contribution in [1.29, 1.82) is 0 Å². The molecule has 2 heterocycles. The summed E-state index contributed by atoms with van der Waals surface area (Å²) in [6.07, 6.45) is 2.18. The van der Waals surface area contributed by atoms with Crippen molar-refractivity contribution in [2.45, 2.75) is 52.4 Å². The lowest BCUT2D eigenvalue weighted by Gasteiger charge is -2.23. The first-order valence-electron chi connectivity index (χ1n) is 8.11. The van der Waals surface area contributed by atoms with Crippen molar-refractivity contribution >= 4 is 29.4 Å². The van der Waals surface area contributed by atoms with Gasteiger partial charge in [0.1, 0.15) is 0 Å². The van der Waals surface area contributed by atoms with Crippen LogP contribution >= 0.6 is 23.2 Å². The molecule has 0 saturated heterocycles. The van der Waals surface area contributed by atoms with Crippen LogP contribution in [0.1, 0.15) is 52.7 Å². The summed E-state index contributed by atoms with van der Waals surface area (Å²) in [5.74, 6) is 0.341. The van der Waals surface area contributed by atoms with E-state index in [1.165, 1.54) is 0 Å². The first-order valence-corrected chi connectivity index (χ1v) is 8.86. The van der Waals surface area contributed by atoms with Crippen LogP contribution in [-0.2, 0) is 10.8 Å². The molecule has 26 heavy (non-hydrogen) atoms. The Morgan fingerprint density at radius 2 is 1.15 bits per heavy atom. The highest BCUT2D eigenvalue weighted by molar-refractivity contribution is 6.31. The van der Waals surface area contributed by atoms with Crippen LogP contribution in [0.2, 0.25) is 10.3 Å². The van der Waals surface area contributed by atoms with E-state index in [2.05, 4.69) is 9.97 Å². The molecule has 5 nitrogen and oxygen atoms in total. The number of pyridine rings is 2. The summed E-state index contributed by atoms with van der Waals surface area (Å²) < 4.78 is 10.8. The van der Waals surface area contributed by atoms with Crippen molar-refractivity contribution in [3.63, 3.8) is 0 Å². The number of aromatic nitrogens is 2. The molecule has 0 unspecified atom stereocenters.